The molecule has 0 fully saturated rings. The minimum absolute atomic E-state index is 0.227. The van der Waals surface area contributed by atoms with Gasteiger partial charge in [-0.2, -0.15) is 4.37 Å². The molecule has 0 saturated heterocycles. The number of benzene rings is 1. The SMILES string of the molecule is CCc1ccc(S(=O)(=O)Nc2ncns2)cc1. The van der Waals surface area contributed by atoms with Gasteiger partial charge in [-0.1, -0.05) is 19.1 Å². The third-order valence-electron chi connectivity index (χ3n) is 2.22. The van der Waals surface area contributed by atoms with Crippen LogP contribution in [-0.2, 0) is 16.4 Å². The highest BCUT2D eigenvalue weighted by atomic mass is 32.2. The molecule has 0 atom stereocenters. The van der Waals surface area contributed by atoms with E-state index in [1.165, 1.54) is 6.33 Å². The zero-order chi connectivity index (χ0) is 12.3. The molecule has 90 valence electrons. The summed E-state index contributed by atoms with van der Waals surface area (Å²) in [5.74, 6) is 0. The fourth-order valence-electron chi connectivity index (χ4n) is 1.30. The molecule has 17 heavy (non-hydrogen) atoms. The molecule has 0 unspecified atom stereocenters. The van der Waals surface area contributed by atoms with Crippen LogP contribution >= 0.6 is 11.5 Å². The number of rotatable bonds is 4. The van der Waals surface area contributed by atoms with E-state index in [1.807, 2.05) is 6.92 Å². The van der Waals surface area contributed by atoms with Crippen LogP contribution in [0.4, 0.5) is 5.13 Å². The van der Waals surface area contributed by atoms with Crippen LogP contribution in [-0.4, -0.2) is 17.8 Å². The van der Waals surface area contributed by atoms with Gasteiger partial charge in [0.1, 0.15) is 6.33 Å². The normalized spacial score (nSPS) is 11.4. The van der Waals surface area contributed by atoms with E-state index >= 15 is 0 Å². The Morgan fingerprint density at radius 2 is 2.00 bits per heavy atom. The standard InChI is InChI=1S/C10H11N3O2S2/c1-2-8-3-5-9(6-4-8)17(14,15)13-10-11-7-12-16-10/h3-7H,2H2,1H3,(H,11,12,13). The summed E-state index contributed by atoms with van der Waals surface area (Å²) in [5.41, 5.74) is 1.10. The van der Waals surface area contributed by atoms with Crippen molar-refractivity contribution in [1.29, 1.82) is 0 Å². The molecule has 0 aliphatic carbocycles. The molecule has 0 aliphatic rings. The lowest BCUT2D eigenvalue weighted by atomic mass is 10.2. The van der Waals surface area contributed by atoms with Crippen LogP contribution in [0.5, 0.6) is 0 Å². The third kappa shape index (κ3) is 2.80. The van der Waals surface area contributed by atoms with Crippen LogP contribution in [0, 0.1) is 0 Å². The second-order valence-electron chi connectivity index (χ2n) is 3.35. The van der Waals surface area contributed by atoms with Gasteiger partial charge in [0.25, 0.3) is 10.0 Å². The zero-order valence-corrected chi connectivity index (χ0v) is 10.8. The number of aryl methyl sites for hydroxylation is 1. The monoisotopic (exact) mass is 269 g/mol. The van der Waals surface area contributed by atoms with Gasteiger partial charge >= 0.3 is 0 Å². The summed E-state index contributed by atoms with van der Waals surface area (Å²) in [7, 11) is -3.55. The zero-order valence-electron chi connectivity index (χ0n) is 9.12. The van der Waals surface area contributed by atoms with Crippen molar-refractivity contribution in [3.63, 3.8) is 0 Å². The number of anilines is 1. The quantitative estimate of drug-likeness (QED) is 0.920. The van der Waals surface area contributed by atoms with E-state index in [0.717, 1.165) is 23.5 Å². The number of nitrogens with one attached hydrogen (secondary N) is 1. The maximum absolute atomic E-state index is 11.9. The first-order valence-electron chi connectivity index (χ1n) is 5.00. The second kappa shape index (κ2) is 4.80. The lowest BCUT2D eigenvalue weighted by Crippen LogP contribution is -2.12. The Balaban J connectivity index is 2.25. The van der Waals surface area contributed by atoms with Crippen molar-refractivity contribution in [2.75, 3.05) is 4.72 Å². The van der Waals surface area contributed by atoms with E-state index < -0.39 is 10.0 Å². The van der Waals surface area contributed by atoms with Crippen molar-refractivity contribution in [2.24, 2.45) is 0 Å². The minimum atomic E-state index is -3.55. The van der Waals surface area contributed by atoms with Crippen molar-refractivity contribution < 1.29 is 8.42 Å². The van der Waals surface area contributed by atoms with E-state index in [0.29, 0.717) is 0 Å². The lowest BCUT2D eigenvalue weighted by Gasteiger charge is -2.05. The van der Waals surface area contributed by atoms with Gasteiger partial charge in [-0.3, -0.25) is 4.72 Å². The predicted octanol–water partition coefficient (Wildman–Crippen LogP) is 1.90. The van der Waals surface area contributed by atoms with E-state index in [4.69, 9.17) is 0 Å². The van der Waals surface area contributed by atoms with Gasteiger partial charge < -0.3 is 0 Å². The van der Waals surface area contributed by atoms with Crippen molar-refractivity contribution in [3.8, 4) is 0 Å². The molecule has 7 heteroatoms. The van der Waals surface area contributed by atoms with Crippen LogP contribution in [0.25, 0.3) is 0 Å². The summed E-state index contributed by atoms with van der Waals surface area (Å²) in [6.45, 7) is 2.02. The number of nitrogens with zero attached hydrogens (tertiary/aromatic N) is 2. The highest BCUT2D eigenvalue weighted by molar-refractivity contribution is 7.93. The Labute approximate surface area is 104 Å². The molecule has 0 bridgehead atoms. The van der Waals surface area contributed by atoms with E-state index in [9.17, 15) is 8.42 Å². The van der Waals surface area contributed by atoms with Gasteiger partial charge in [0, 0.05) is 11.5 Å². The van der Waals surface area contributed by atoms with Gasteiger partial charge in [-0.05, 0) is 24.1 Å². The Kier molecular flexibility index (Phi) is 3.39. The highest BCUT2D eigenvalue weighted by Gasteiger charge is 2.15. The second-order valence-corrected chi connectivity index (χ2v) is 5.81. The average molecular weight is 269 g/mol. The fraction of sp³-hybridized carbons (Fsp3) is 0.200. The van der Waals surface area contributed by atoms with Crippen LogP contribution in [0.15, 0.2) is 35.5 Å². The number of hydrogen-bond acceptors (Lipinski definition) is 5. The molecule has 2 aromatic rings. The van der Waals surface area contributed by atoms with Crippen LogP contribution in [0.3, 0.4) is 0 Å². The van der Waals surface area contributed by atoms with Crippen LogP contribution in [0.2, 0.25) is 0 Å². The van der Waals surface area contributed by atoms with Crippen LogP contribution < -0.4 is 4.72 Å². The minimum Gasteiger partial charge on any atom is -0.253 e. The van der Waals surface area contributed by atoms with Gasteiger partial charge in [-0.15, -0.1) is 0 Å². The molecule has 1 heterocycles. The molecule has 2 rings (SSSR count). The highest BCUT2D eigenvalue weighted by Crippen LogP contribution is 2.16. The molecule has 0 aliphatic heterocycles. The smallest absolute Gasteiger partial charge is 0.253 e. The molecular weight excluding hydrogens is 258 g/mol. The van der Waals surface area contributed by atoms with Crippen LogP contribution in [0.1, 0.15) is 12.5 Å². The molecule has 1 N–H and O–H groups in total. The predicted molar refractivity (Wildman–Crippen MR) is 66.5 cm³/mol. The molecule has 0 saturated carbocycles. The number of sulfonamides is 1. The maximum Gasteiger partial charge on any atom is 0.263 e. The Morgan fingerprint density at radius 1 is 1.29 bits per heavy atom. The van der Waals surface area contributed by atoms with Crippen molar-refractivity contribution in [2.45, 2.75) is 18.2 Å². The summed E-state index contributed by atoms with van der Waals surface area (Å²) in [6.07, 6.45) is 2.19. The maximum atomic E-state index is 11.9. The van der Waals surface area contributed by atoms with Gasteiger partial charge in [0.15, 0.2) is 0 Å². The summed E-state index contributed by atoms with van der Waals surface area (Å²) in [4.78, 5) is 4.00. The molecule has 0 amide bonds. The molecule has 0 radical (unpaired) electrons. The summed E-state index contributed by atoms with van der Waals surface area (Å²) in [5, 5.41) is 0.268. The summed E-state index contributed by atoms with van der Waals surface area (Å²) < 4.78 is 30.0. The fourth-order valence-corrected chi connectivity index (χ4v) is 2.96. The number of hydrogen-bond donors (Lipinski definition) is 1. The topological polar surface area (TPSA) is 72.0 Å². The average Bonchev–Trinajstić information content (AvgIpc) is 2.81. The molecule has 1 aromatic heterocycles. The first-order chi connectivity index (χ1) is 8.12. The van der Waals surface area contributed by atoms with E-state index in [1.54, 1.807) is 24.3 Å². The van der Waals surface area contributed by atoms with Gasteiger partial charge in [0.05, 0.1) is 4.90 Å². The van der Waals surface area contributed by atoms with E-state index in [-0.39, 0.29) is 10.0 Å². The van der Waals surface area contributed by atoms with Gasteiger partial charge in [0.2, 0.25) is 5.13 Å². The van der Waals surface area contributed by atoms with Crippen molar-refractivity contribution in [3.05, 3.63) is 36.2 Å². The van der Waals surface area contributed by atoms with Crippen molar-refractivity contribution >= 4 is 26.7 Å². The Hall–Kier alpha value is -1.47. The lowest BCUT2D eigenvalue weighted by molar-refractivity contribution is 0.601. The Morgan fingerprint density at radius 3 is 2.53 bits per heavy atom. The first-order valence-corrected chi connectivity index (χ1v) is 7.26. The largest absolute Gasteiger partial charge is 0.263 e. The van der Waals surface area contributed by atoms with Gasteiger partial charge in [-0.25, -0.2) is 13.4 Å². The Bertz CT molecular complexity index is 577. The number of aromatic nitrogens is 2. The molecular formula is C10H11N3O2S2. The molecule has 0 spiro atoms. The summed E-state index contributed by atoms with van der Waals surface area (Å²) in [6, 6.07) is 6.77. The molecule has 1 aromatic carbocycles. The summed E-state index contributed by atoms with van der Waals surface area (Å²) >= 11 is 1.00. The van der Waals surface area contributed by atoms with Crippen molar-refractivity contribution in [1.82, 2.24) is 9.36 Å². The first kappa shape index (κ1) is 12.0. The van der Waals surface area contributed by atoms with E-state index in [2.05, 4.69) is 14.1 Å². The third-order valence-corrected chi connectivity index (χ3v) is 4.29. The molecule has 5 nitrogen and oxygen atoms in total.